The fraction of sp³-hybridized carbons (Fsp3) is 0.562. The molecule has 0 spiro atoms. The second kappa shape index (κ2) is 14.1. The third-order valence-electron chi connectivity index (χ3n) is 2.74. The lowest BCUT2D eigenvalue weighted by Gasteiger charge is -2.16. The van der Waals surface area contributed by atoms with Gasteiger partial charge in [0, 0.05) is 0 Å². The van der Waals surface area contributed by atoms with E-state index in [4.69, 9.17) is 15.4 Å². The van der Waals surface area contributed by atoms with Crippen LogP contribution in [-0.2, 0) is 16.1 Å². The molecule has 1 aromatic heterocycles. The number of hydrogen-bond acceptors (Lipinski definition) is 9. The molecule has 7 N–H and O–H groups in total. The van der Waals surface area contributed by atoms with Gasteiger partial charge in [-0.15, -0.1) is 12.8 Å². The van der Waals surface area contributed by atoms with Crippen LogP contribution in [0.25, 0.3) is 0 Å². The molecule has 12 heteroatoms. The third-order valence-corrected chi connectivity index (χ3v) is 2.74. The molecule has 0 aromatic carbocycles. The second-order valence-electron chi connectivity index (χ2n) is 5.60. The number of rotatable bonds is 7. The summed E-state index contributed by atoms with van der Waals surface area (Å²) in [7, 11) is 0. The lowest BCUT2D eigenvalue weighted by molar-refractivity contribution is -0.141. The minimum atomic E-state index is -1.44. The van der Waals surface area contributed by atoms with E-state index in [1.807, 2.05) is 0 Å². The molecule has 1 heterocycles. The Kier molecular flexibility index (Phi) is 13.7. The molecule has 0 bridgehead atoms. The lowest BCUT2D eigenvalue weighted by atomic mass is 10.2. The van der Waals surface area contributed by atoms with Gasteiger partial charge in [-0.25, -0.2) is 9.59 Å². The van der Waals surface area contributed by atoms with E-state index in [9.17, 15) is 24.6 Å². The Hall–Kier alpha value is -3.01. The first-order chi connectivity index (χ1) is 13.0. The summed E-state index contributed by atoms with van der Waals surface area (Å²) < 4.78 is 4.83. The Labute approximate surface area is 162 Å². The molecule has 28 heavy (non-hydrogen) atoms. The van der Waals surface area contributed by atoms with Crippen LogP contribution in [0.4, 0.5) is 4.79 Å². The molecule has 1 aromatic rings. The number of urea groups is 1. The first-order valence-electron chi connectivity index (χ1n) is 7.97. The second-order valence-corrected chi connectivity index (χ2v) is 5.60. The molecular weight excluding hydrogens is 374 g/mol. The van der Waals surface area contributed by atoms with Crippen molar-refractivity contribution < 1.29 is 34.2 Å². The highest BCUT2D eigenvalue weighted by Crippen LogP contribution is 2.10. The van der Waals surface area contributed by atoms with Gasteiger partial charge in [-0.05, 0) is 27.7 Å². The molecule has 0 saturated heterocycles. The summed E-state index contributed by atoms with van der Waals surface area (Å²) in [6, 6.07) is -3.09. The van der Waals surface area contributed by atoms with Crippen LogP contribution in [-0.4, -0.2) is 61.5 Å². The number of nitrogens with zero attached hydrogens (tertiary/aromatic N) is 2. The van der Waals surface area contributed by atoms with Crippen molar-refractivity contribution in [1.29, 1.82) is 0 Å². The lowest BCUT2D eigenvalue weighted by Crippen LogP contribution is -2.51. The van der Waals surface area contributed by atoms with Crippen molar-refractivity contribution in [3.63, 3.8) is 0 Å². The molecule has 158 valence electrons. The van der Waals surface area contributed by atoms with Crippen molar-refractivity contribution in [3.05, 3.63) is 11.7 Å². The van der Waals surface area contributed by atoms with Gasteiger partial charge in [0.05, 0.1) is 24.8 Å². The minimum Gasteiger partial charge on any atom is -0.480 e. The van der Waals surface area contributed by atoms with E-state index in [0.717, 1.165) is 0 Å². The number of ketones is 1. The van der Waals surface area contributed by atoms with Crippen molar-refractivity contribution in [2.45, 2.75) is 58.5 Å². The van der Waals surface area contributed by atoms with Crippen LogP contribution in [0.2, 0.25) is 0 Å². The number of carbonyl (C=O) groups excluding carboxylic acids is 2. The fourth-order valence-corrected chi connectivity index (χ4v) is 1.43. The smallest absolute Gasteiger partial charge is 0.328 e. The number of nitrogens with two attached hydrogens (primary N) is 1. The van der Waals surface area contributed by atoms with Crippen LogP contribution >= 0.6 is 0 Å². The number of Topliss-reactive ketones (excluding diaryl/α,β-unsaturated/α-hetero) is 1. The summed E-state index contributed by atoms with van der Waals surface area (Å²) in [5.74, 6) is -1.09. The number of terminal acetylenes is 1. The monoisotopic (exact) mass is 401 g/mol. The number of carboxylic acid groups (broad SMARTS) is 1. The largest absolute Gasteiger partial charge is 0.480 e. The van der Waals surface area contributed by atoms with Crippen molar-refractivity contribution in [3.8, 4) is 12.8 Å². The molecule has 4 unspecified atom stereocenters. The summed E-state index contributed by atoms with van der Waals surface area (Å²) in [5, 5.41) is 35.3. The molecular formula is C16H27N5O7. The van der Waals surface area contributed by atoms with Gasteiger partial charge in [0.2, 0.25) is 5.89 Å². The summed E-state index contributed by atoms with van der Waals surface area (Å²) in [5.41, 5.74) is 5.61. The maximum absolute atomic E-state index is 11.5. The van der Waals surface area contributed by atoms with Gasteiger partial charge in [-0.2, -0.15) is 4.98 Å². The van der Waals surface area contributed by atoms with E-state index in [-0.39, 0.29) is 24.0 Å². The van der Waals surface area contributed by atoms with E-state index in [0.29, 0.717) is 0 Å². The van der Waals surface area contributed by atoms with Gasteiger partial charge in [0.15, 0.2) is 11.9 Å². The molecule has 0 aliphatic rings. The minimum absolute atomic E-state index is 0.0326. The molecule has 4 atom stereocenters. The highest BCUT2D eigenvalue weighted by molar-refractivity contribution is 5.82. The van der Waals surface area contributed by atoms with Crippen molar-refractivity contribution in [1.82, 2.24) is 20.8 Å². The predicted octanol–water partition coefficient (Wildman–Crippen LogP) is -1.07. The van der Waals surface area contributed by atoms with Crippen molar-refractivity contribution >= 4 is 17.8 Å². The van der Waals surface area contributed by atoms with Crippen LogP contribution < -0.4 is 16.4 Å². The molecule has 0 radical (unpaired) electrons. The number of hydrogen-bond donors (Lipinski definition) is 6. The topological polar surface area (TPSA) is 201 Å². The van der Waals surface area contributed by atoms with Gasteiger partial charge in [-0.3, -0.25) is 0 Å². The number of carbonyl (C=O) groups is 3. The first kappa shape index (κ1) is 27.2. The Morgan fingerprint density at radius 2 is 1.68 bits per heavy atom. The summed E-state index contributed by atoms with van der Waals surface area (Å²) in [6.45, 7) is 5.59. The van der Waals surface area contributed by atoms with Crippen molar-refractivity contribution in [2.24, 2.45) is 5.73 Å². The van der Waals surface area contributed by atoms with Gasteiger partial charge in [0.1, 0.15) is 5.78 Å². The highest BCUT2D eigenvalue weighted by Gasteiger charge is 2.25. The van der Waals surface area contributed by atoms with Gasteiger partial charge >= 0.3 is 12.0 Å². The molecule has 12 nitrogen and oxygen atoms in total. The van der Waals surface area contributed by atoms with E-state index in [1.54, 1.807) is 0 Å². The van der Waals surface area contributed by atoms with E-state index < -0.39 is 36.3 Å². The highest BCUT2D eigenvalue weighted by atomic mass is 16.5. The fourth-order valence-electron chi connectivity index (χ4n) is 1.43. The number of carboxylic acids is 1. The van der Waals surface area contributed by atoms with Crippen LogP contribution in [0.15, 0.2) is 4.52 Å². The zero-order valence-corrected chi connectivity index (χ0v) is 16.1. The molecule has 0 aliphatic heterocycles. The van der Waals surface area contributed by atoms with Crippen LogP contribution in [0.3, 0.4) is 0 Å². The quantitative estimate of drug-likeness (QED) is 0.305. The molecule has 1 rings (SSSR count). The van der Waals surface area contributed by atoms with Gasteiger partial charge < -0.3 is 41.0 Å². The Morgan fingerprint density at radius 1 is 1.18 bits per heavy atom. The zero-order valence-electron chi connectivity index (χ0n) is 16.1. The number of aliphatic carboxylic acids is 1. The average Bonchev–Trinajstić information content (AvgIpc) is 3.06. The first-order valence-corrected chi connectivity index (χ1v) is 7.97. The Bertz CT molecular complexity index is 638. The molecule has 0 aliphatic carbocycles. The van der Waals surface area contributed by atoms with E-state index in [1.165, 1.54) is 27.7 Å². The van der Waals surface area contributed by atoms with E-state index in [2.05, 4.69) is 33.6 Å². The summed E-state index contributed by atoms with van der Waals surface area (Å²) in [6.07, 6.45) is 5.87. The maximum Gasteiger partial charge on any atom is 0.328 e. The maximum atomic E-state index is 11.5. The van der Waals surface area contributed by atoms with Crippen LogP contribution in [0.5, 0.6) is 0 Å². The third kappa shape index (κ3) is 11.6. The number of amides is 2. The van der Waals surface area contributed by atoms with Crippen LogP contribution in [0.1, 0.15) is 45.5 Å². The predicted molar refractivity (Wildman–Crippen MR) is 97.6 cm³/mol. The number of nitrogens with one attached hydrogen (secondary N) is 2. The van der Waals surface area contributed by atoms with E-state index >= 15 is 0 Å². The number of aromatic nitrogens is 2. The number of aliphatic hydroxyl groups excluding tert-OH is 2. The SMILES string of the molecule is C#C.CC(C)=O.CC(O)C(NC(=O)NCc1nc(C(N)C(C)O)no1)C(=O)O. The normalized spacial score (nSPS) is 13.9. The average molecular weight is 401 g/mol. The Balaban J connectivity index is 0. The molecule has 0 fully saturated rings. The summed E-state index contributed by atoms with van der Waals surface area (Å²) in [4.78, 5) is 35.7. The van der Waals surface area contributed by atoms with Crippen LogP contribution in [0, 0.1) is 12.8 Å². The van der Waals surface area contributed by atoms with Crippen molar-refractivity contribution in [2.75, 3.05) is 0 Å². The zero-order chi connectivity index (χ0) is 22.4. The standard InChI is InChI=1S/C11H19N5O6.C3H6O.C2H2/c1-4(17)7(12)9-14-6(22-16-9)3-13-11(21)15-8(5(2)18)10(19)20;1-3(2)4;1-2/h4-5,7-8,17-18H,3,12H2,1-2H3,(H,19,20)(H2,13,15,21);1-2H3;1-2H. The molecule has 2 amide bonds. The van der Waals surface area contributed by atoms with Gasteiger partial charge in [-0.1, -0.05) is 5.16 Å². The Morgan fingerprint density at radius 3 is 2.07 bits per heavy atom. The molecule has 0 saturated carbocycles. The van der Waals surface area contributed by atoms with Gasteiger partial charge in [0.25, 0.3) is 0 Å². The number of aliphatic hydroxyl groups is 2. The summed E-state index contributed by atoms with van der Waals surface area (Å²) >= 11 is 0.